The molecule has 0 amide bonds. The van der Waals surface area contributed by atoms with Gasteiger partial charge in [-0.1, -0.05) is 0 Å². The summed E-state index contributed by atoms with van der Waals surface area (Å²) in [6, 6.07) is 3.57. The summed E-state index contributed by atoms with van der Waals surface area (Å²) in [7, 11) is 0. The normalized spacial score (nSPS) is 11.2. The van der Waals surface area contributed by atoms with Gasteiger partial charge in [-0.2, -0.15) is 8.78 Å². The molecule has 3 rings (SSSR count). The molecule has 2 aromatic heterocycles. The number of rotatable bonds is 5. The molecule has 0 aliphatic carbocycles. The van der Waals surface area contributed by atoms with Gasteiger partial charge in [-0.05, 0) is 19.1 Å². The van der Waals surface area contributed by atoms with Crippen LogP contribution in [0, 0.1) is 5.82 Å². The van der Waals surface area contributed by atoms with E-state index in [9.17, 15) is 13.2 Å². The predicted molar refractivity (Wildman–Crippen MR) is 77.3 cm³/mol. The second-order valence-electron chi connectivity index (χ2n) is 4.57. The van der Waals surface area contributed by atoms with E-state index in [4.69, 9.17) is 0 Å². The molecule has 1 aromatic carbocycles. The minimum Gasteiger partial charge on any atom is -0.432 e. The Morgan fingerprint density at radius 3 is 2.78 bits per heavy atom. The van der Waals surface area contributed by atoms with E-state index in [1.807, 2.05) is 11.5 Å². The van der Waals surface area contributed by atoms with Crippen molar-refractivity contribution in [3.63, 3.8) is 0 Å². The number of benzene rings is 1. The van der Waals surface area contributed by atoms with Crippen LogP contribution in [0.2, 0.25) is 0 Å². The maximum atomic E-state index is 13.7. The van der Waals surface area contributed by atoms with Crippen LogP contribution in [0.15, 0.2) is 30.9 Å². The number of nitrogens with zero attached hydrogens (tertiary/aromatic N) is 4. The molecule has 0 saturated heterocycles. The fourth-order valence-corrected chi connectivity index (χ4v) is 2.11. The Balaban J connectivity index is 1.90. The molecule has 3 aromatic rings. The van der Waals surface area contributed by atoms with Gasteiger partial charge in [0.25, 0.3) is 0 Å². The first-order chi connectivity index (χ1) is 11.1. The van der Waals surface area contributed by atoms with Crippen molar-refractivity contribution in [3.05, 3.63) is 36.7 Å². The van der Waals surface area contributed by atoms with Crippen molar-refractivity contribution in [2.24, 2.45) is 0 Å². The largest absolute Gasteiger partial charge is 0.432 e. The van der Waals surface area contributed by atoms with Crippen LogP contribution in [0.3, 0.4) is 0 Å². The second kappa shape index (κ2) is 6.11. The average molecular weight is 323 g/mol. The summed E-state index contributed by atoms with van der Waals surface area (Å²) >= 11 is 0. The van der Waals surface area contributed by atoms with Crippen LogP contribution in [-0.4, -0.2) is 26.1 Å². The molecule has 120 valence electrons. The number of hydrogen-bond donors (Lipinski definition) is 1. The number of ether oxygens (including phenoxy) is 1. The Hall–Kier alpha value is -2.84. The summed E-state index contributed by atoms with van der Waals surface area (Å²) in [6.07, 6.45) is 2.99. The molecule has 0 saturated carbocycles. The van der Waals surface area contributed by atoms with Crippen molar-refractivity contribution in [2.45, 2.75) is 20.1 Å². The van der Waals surface area contributed by atoms with Gasteiger partial charge in [0.05, 0.1) is 6.33 Å². The van der Waals surface area contributed by atoms with Crippen molar-refractivity contribution in [1.82, 2.24) is 19.5 Å². The van der Waals surface area contributed by atoms with E-state index in [0.717, 1.165) is 12.1 Å². The summed E-state index contributed by atoms with van der Waals surface area (Å²) in [6.45, 7) is -0.433. The third-order valence-electron chi connectivity index (χ3n) is 3.15. The third-order valence-corrected chi connectivity index (χ3v) is 3.15. The second-order valence-corrected chi connectivity index (χ2v) is 4.57. The Morgan fingerprint density at radius 1 is 1.26 bits per heavy atom. The van der Waals surface area contributed by atoms with Crippen LogP contribution in [0.25, 0.3) is 11.2 Å². The number of hydrogen-bond acceptors (Lipinski definition) is 5. The molecule has 0 bridgehead atoms. The molecule has 0 aliphatic rings. The van der Waals surface area contributed by atoms with Crippen molar-refractivity contribution in [2.75, 3.05) is 5.32 Å². The van der Waals surface area contributed by atoms with Gasteiger partial charge in [-0.25, -0.2) is 19.3 Å². The monoisotopic (exact) mass is 323 g/mol. The van der Waals surface area contributed by atoms with Gasteiger partial charge in [-0.15, -0.1) is 0 Å². The van der Waals surface area contributed by atoms with E-state index < -0.39 is 18.2 Å². The smallest absolute Gasteiger partial charge is 0.387 e. The van der Waals surface area contributed by atoms with E-state index in [1.54, 1.807) is 6.33 Å². The molecular weight excluding hydrogens is 311 g/mol. The molecule has 2 heterocycles. The first kappa shape index (κ1) is 15.1. The van der Waals surface area contributed by atoms with Gasteiger partial charge in [0, 0.05) is 18.3 Å². The third kappa shape index (κ3) is 3.03. The highest BCUT2D eigenvalue weighted by molar-refractivity contribution is 5.85. The maximum Gasteiger partial charge on any atom is 0.387 e. The minimum atomic E-state index is -3.08. The zero-order valence-corrected chi connectivity index (χ0v) is 12.0. The van der Waals surface area contributed by atoms with Crippen LogP contribution in [0.4, 0.5) is 24.7 Å². The van der Waals surface area contributed by atoms with Gasteiger partial charge >= 0.3 is 6.61 Å². The lowest BCUT2D eigenvalue weighted by atomic mass is 10.3. The lowest BCUT2D eigenvalue weighted by molar-refractivity contribution is -0.0521. The van der Waals surface area contributed by atoms with Crippen LogP contribution in [0.1, 0.15) is 6.92 Å². The fourth-order valence-electron chi connectivity index (χ4n) is 2.11. The summed E-state index contributed by atoms with van der Waals surface area (Å²) in [5.74, 6) is -1.03. The van der Waals surface area contributed by atoms with Crippen LogP contribution < -0.4 is 10.1 Å². The summed E-state index contributed by atoms with van der Waals surface area (Å²) in [5.41, 5.74) is 1.50. The van der Waals surface area contributed by atoms with E-state index in [-0.39, 0.29) is 0 Å². The SMILES string of the molecule is CCn1cnc2c(Nc3ccc(OC(F)F)c(F)c3)ncnc21. The topological polar surface area (TPSA) is 64.9 Å². The fraction of sp³-hybridized carbons (Fsp3) is 0.214. The lowest BCUT2D eigenvalue weighted by Crippen LogP contribution is -2.04. The lowest BCUT2D eigenvalue weighted by Gasteiger charge is -2.09. The highest BCUT2D eigenvalue weighted by Crippen LogP contribution is 2.26. The Bertz CT molecular complexity index is 836. The standard InChI is InChI=1S/C14H12F3N5O/c1-2-22-7-20-11-12(18-6-19-13(11)22)21-8-3-4-10(9(15)5-8)23-14(16)17/h3-7,14H,2H2,1H3,(H,18,19,21). The Morgan fingerprint density at radius 2 is 2.09 bits per heavy atom. The number of imidazole rings is 1. The summed E-state index contributed by atoms with van der Waals surface area (Å²) < 4.78 is 43.9. The van der Waals surface area contributed by atoms with Gasteiger partial charge in [-0.3, -0.25) is 0 Å². The van der Waals surface area contributed by atoms with Crippen LogP contribution in [0.5, 0.6) is 5.75 Å². The van der Waals surface area contributed by atoms with E-state index in [2.05, 4.69) is 25.0 Å². The molecular formula is C14H12F3N5O. The van der Waals surface area contributed by atoms with E-state index in [0.29, 0.717) is 29.2 Å². The number of aryl methyl sites for hydroxylation is 1. The quantitative estimate of drug-likeness (QED) is 0.780. The average Bonchev–Trinajstić information content (AvgIpc) is 2.94. The van der Waals surface area contributed by atoms with Gasteiger partial charge in [0.2, 0.25) is 0 Å². The van der Waals surface area contributed by atoms with Crippen molar-refractivity contribution in [1.29, 1.82) is 0 Å². The van der Waals surface area contributed by atoms with Crippen molar-refractivity contribution >= 4 is 22.7 Å². The van der Waals surface area contributed by atoms with Gasteiger partial charge in [0.15, 0.2) is 28.5 Å². The Labute approximate surface area is 129 Å². The van der Waals surface area contributed by atoms with Gasteiger partial charge in [0.1, 0.15) is 6.33 Å². The first-order valence-electron chi connectivity index (χ1n) is 6.75. The molecule has 0 unspecified atom stereocenters. The number of nitrogens with one attached hydrogen (secondary N) is 1. The van der Waals surface area contributed by atoms with Gasteiger partial charge < -0.3 is 14.6 Å². The number of alkyl halides is 2. The van der Waals surface area contributed by atoms with Crippen molar-refractivity contribution in [3.8, 4) is 5.75 Å². The van der Waals surface area contributed by atoms with E-state index in [1.165, 1.54) is 12.4 Å². The number of anilines is 2. The highest BCUT2D eigenvalue weighted by Gasteiger charge is 2.13. The predicted octanol–water partition coefficient (Wildman–Crippen LogP) is 3.33. The molecule has 6 nitrogen and oxygen atoms in total. The molecule has 0 radical (unpaired) electrons. The number of aromatic nitrogens is 4. The zero-order chi connectivity index (χ0) is 16.4. The molecule has 9 heteroatoms. The van der Waals surface area contributed by atoms with Crippen molar-refractivity contribution < 1.29 is 17.9 Å². The molecule has 0 fully saturated rings. The minimum absolute atomic E-state index is 0.329. The highest BCUT2D eigenvalue weighted by atomic mass is 19.3. The van der Waals surface area contributed by atoms with Crippen LogP contribution >= 0.6 is 0 Å². The molecule has 0 aliphatic heterocycles. The number of fused-ring (bicyclic) bond motifs is 1. The first-order valence-corrected chi connectivity index (χ1v) is 6.75. The maximum absolute atomic E-state index is 13.7. The summed E-state index contributed by atoms with van der Waals surface area (Å²) in [5, 5.41) is 2.90. The molecule has 0 atom stereocenters. The number of halogens is 3. The molecule has 1 N–H and O–H groups in total. The molecule has 23 heavy (non-hydrogen) atoms. The summed E-state index contributed by atoms with van der Waals surface area (Å²) in [4.78, 5) is 12.5. The van der Waals surface area contributed by atoms with Crippen LogP contribution in [-0.2, 0) is 6.54 Å². The van der Waals surface area contributed by atoms with E-state index >= 15 is 0 Å². The zero-order valence-electron chi connectivity index (χ0n) is 12.0. The molecule has 0 spiro atoms. The Kier molecular flexibility index (Phi) is 4.00.